The second-order valence-electron chi connectivity index (χ2n) is 6.69. The number of hydrogen-bond acceptors (Lipinski definition) is 4. The number of carbonyl (C=O) groups excluding carboxylic acids is 1. The number of hydrogen-bond donors (Lipinski definition) is 1. The Balaban J connectivity index is 1.67. The van der Waals surface area contributed by atoms with Crippen LogP contribution in [0.25, 0.3) is 11.3 Å². The minimum Gasteiger partial charge on any atom is -0.337 e. The van der Waals surface area contributed by atoms with Crippen LogP contribution < -0.4 is 5.84 Å². The summed E-state index contributed by atoms with van der Waals surface area (Å²) in [5.41, 5.74) is 1.52. The van der Waals surface area contributed by atoms with Gasteiger partial charge in [0.15, 0.2) is 5.16 Å². The molecule has 1 amide bonds. The van der Waals surface area contributed by atoms with Crippen molar-refractivity contribution in [2.24, 2.45) is 5.92 Å². The SMILES string of the molecule is C[C@H](C1CC1)N(CC(F)(F)F)C(=O)CSc1nc(-c2ccccc2)cn1N. The molecule has 27 heavy (non-hydrogen) atoms. The minimum absolute atomic E-state index is 0.143. The monoisotopic (exact) mass is 398 g/mol. The van der Waals surface area contributed by atoms with Crippen molar-refractivity contribution in [3.63, 3.8) is 0 Å². The van der Waals surface area contributed by atoms with E-state index in [1.807, 2.05) is 30.3 Å². The number of nitrogen functional groups attached to an aromatic ring is 1. The van der Waals surface area contributed by atoms with Crippen LogP contribution in [0.15, 0.2) is 41.7 Å². The molecule has 9 heteroatoms. The van der Waals surface area contributed by atoms with E-state index in [-0.39, 0.29) is 11.7 Å². The van der Waals surface area contributed by atoms with Crippen molar-refractivity contribution in [2.45, 2.75) is 37.1 Å². The van der Waals surface area contributed by atoms with Crippen molar-refractivity contribution in [3.8, 4) is 11.3 Å². The van der Waals surface area contributed by atoms with Crippen LogP contribution in [0.3, 0.4) is 0 Å². The molecule has 1 aliphatic carbocycles. The largest absolute Gasteiger partial charge is 0.406 e. The molecule has 0 spiro atoms. The van der Waals surface area contributed by atoms with E-state index in [4.69, 9.17) is 5.84 Å². The maximum Gasteiger partial charge on any atom is 0.406 e. The van der Waals surface area contributed by atoms with Crippen LogP contribution in [0.1, 0.15) is 19.8 Å². The Hall–Kier alpha value is -2.16. The fourth-order valence-corrected chi connectivity index (χ4v) is 3.71. The highest BCUT2D eigenvalue weighted by atomic mass is 32.2. The second-order valence-corrected chi connectivity index (χ2v) is 7.63. The molecule has 0 saturated heterocycles. The molecule has 1 heterocycles. The molecule has 0 bridgehead atoms. The van der Waals surface area contributed by atoms with Gasteiger partial charge in [-0.25, -0.2) is 9.66 Å². The summed E-state index contributed by atoms with van der Waals surface area (Å²) in [6, 6.07) is 8.96. The normalized spacial score (nSPS) is 15.6. The van der Waals surface area contributed by atoms with Gasteiger partial charge in [-0.1, -0.05) is 42.1 Å². The van der Waals surface area contributed by atoms with E-state index in [9.17, 15) is 18.0 Å². The number of imidazole rings is 1. The first-order chi connectivity index (χ1) is 12.7. The molecular formula is C18H21F3N4OS. The van der Waals surface area contributed by atoms with Gasteiger partial charge in [-0.2, -0.15) is 13.2 Å². The minimum atomic E-state index is -4.42. The number of halogens is 3. The Morgan fingerprint density at radius 3 is 2.63 bits per heavy atom. The van der Waals surface area contributed by atoms with Gasteiger partial charge in [0.25, 0.3) is 0 Å². The van der Waals surface area contributed by atoms with E-state index in [0.717, 1.165) is 35.1 Å². The van der Waals surface area contributed by atoms with Crippen molar-refractivity contribution in [2.75, 3.05) is 18.1 Å². The molecule has 2 N–H and O–H groups in total. The molecule has 0 aliphatic heterocycles. The fourth-order valence-electron chi connectivity index (χ4n) is 2.93. The van der Waals surface area contributed by atoms with E-state index in [2.05, 4.69) is 4.98 Å². The molecule has 1 fully saturated rings. The summed E-state index contributed by atoms with van der Waals surface area (Å²) in [6.07, 6.45) is -1.06. The lowest BCUT2D eigenvalue weighted by atomic mass is 10.2. The zero-order valence-electron chi connectivity index (χ0n) is 14.8. The predicted molar refractivity (Wildman–Crippen MR) is 98.5 cm³/mol. The predicted octanol–water partition coefficient (Wildman–Crippen LogP) is 3.55. The summed E-state index contributed by atoms with van der Waals surface area (Å²) in [5, 5.41) is 0.383. The van der Waals surface area contributed by atoms with Crippen molar-refractivity contribution in [3.05, 3.63) is 36.5 Å². The van der Waals surface area contributed by atoms with Crippen LogP contribution in [0, 0.1) is 5.92 Å². The third-order valence-electron chi connectivity index (χ3n) is 4.56. The number of rotatable bonds is 7. The quantitative estimate of drug-likeness (QED) is 0.572. The average Bonchev–Trinajstić information content (AvgIpc) is 3.40. The van der Waals surface area contributed by atoms with Crippen molar-refractivity contribution in [1.29, 1.82) is 0 Å². The van der Waals surface area contributed by atoms with Crippen LogP contribution in [0.2, 0.25) is 0 Å². The molecule has 1 atom stereocenters. The number of aromatic nitrogens is 2. The maximum absolute atomic E-state index is 12.9. The standard InChI is InChI=1S/C18H21F3N4OS/c1-12(13-7-8-13)24(11-18(19,20)21)16(26)10-27-17-23-15(9-25(17)22)14-5-3-2-4-6-14/h2-6,9,12-13H,7-8,10-11,22H2,1H3/t12-/m1/s1. The number of benzene rings is 1. The lowest BCUT2D eigenvalue weighted by molar-refractivity contribution is -0.164. The molecule has 0 unspecified atom stereocenters. The van der Waals surface area contributed by atoms with Crippen LogP contribution >= 0.6 is 11.8 Å². The summed E-state index contributed by atoms with van der Waals surface area (Å²) >= 11 is 1.04. The zero-order chi connectivity index (χ0) is 19.6. The third kappa shape index (κ3) is 5.18. The summed E-state index contributed by atoms with van der Waals surface area (Å²) < 4.78 is 40.0. The first-order valence-electron chi connectivity index (χ1n) is 8.63. The van der Waals surface area contributed by atoms with Gasteiger partial charge in [-0.3, -0.25) is 4.79 Å². The Morgan fingerprint density at radius 1 is 1.37 bits per heavy atom. The smallest absolute Gasteiger partial charge is 0.337 e. The summed E-state index contributed by atoms with van der Waals surface area (Å²) in [5.74, 6) is 5.35. The fraction of sp³-hybridized carbons (Fsp3) is 0.444. The highest BCUT2D eigenvalue weighted by molar-refractivity contribution is 7.99. The van der Waals surface area contributed by atoms with Gasteiger partial charge in [-0.15, -0.1) is 0 Å². The van der Waals surface area contributed by atoms with E-state index in [0.29, 0.717) is 10.9 Å². The molecule has 5 nitrogen and oxygen atoms in total. The molecule has 1 aliphatic rings. The van der Waals surface area contributed by atoms with Crippen LogP contribution in [-0.2, 0) is 4.79 Å². The number of nitrogens with zero attached hydrogens (tertiary/aromatic N) is 3. The lowest BCUT2D eigenvalue weighted by Crippen LogP contribution is -2.46. The number of amides is 1. The molecule has 0 radical (unpaired) electrons. The van der Waals surface area contributed by atoms with E-state index < -0.39 is 24.7 Å². The Labute approximate surface area is 159 Å². The number of alkyl halides is 3. The zero-order valence-corrected chi connectivity index (χ0v) is 15.6. The highest BCUT2D eigenvalue weighted by Gasteiger charge is 2.40. The lowest BCUT2D eigenvalue weighted by Gasteiger charge is -2.30. The Kier molecular flexibility index (Phi) is 5.69. The van der Waals surface area contributed by atoms with Gasteiger partial charge in [0.2, 0.25) is 5.91 Å². The van der Waals surface area contributed by atoms with E-state index >= 15 is 0 Å². The molecular weight excluding hydrogens is 377 g/mol. The Bertz CT molecular complexity index is 790. The topological polar surface area (TPSA) is 64.2 Å². The maximum atomic E-state index is 12.9. The van der Waals surface area contributed by atoms with Gasteiger partial charge in [0.1, 0.15) is 6.54 Å². The number of nitrogens with two attached hydrogens (primary N) is 1. The van der Waals surface area contributed by atoms with Gasteiger partial charge < -0.3 is 10.7 Å². The van der Waals surface area contributed by atoms with Crippen molar-refractivity contribution < 1.29 is 18.0 Å². The first-order valence-corrected chi connectivity index (χ1v) is 9.62. The molecule has 1 aromatic heterocycles. The van der Waals surface area contributed by atoms with Gasteiger partial charge in [0, 0.05) is 11.6 Å². The van der Waals surface area contributed by atoms with Crippen molar-refractivity contribution in [1.82, 2.24) is 14.6 Å². The average molecular weight is 398 g/mol. The van der Waals surface area contributed by atoms with E-state index in [1.165, 1.54) is 4.68 Å². The molecule has 2 aromatic rings. The van der Waals surface area contributed by atoms with E-state index in [1.54, 1.807) is 13.1 Å². The van der Waals surface area contributed by atoms with Gasteiger partial charge in [-0.05, 0) is 25.7 Å². The van der Waals surface area contributed by atoms with Gasteiger partial charge >= 0.3 is 6.18 Å². The van der Waals surface area contributed by atoms with Crippen LogP contribution in [0.5, 0.6) is 0 Å². The molecule has 3 rings (SSSR count). The molecule has 1 saturated carbocycles. The summed E-state index contributed by atoms with van der Waals surface area (Å²) in [6.45, 7) is 0.458. The number of carbonyl (C=O) groups is 1. The van der Waals surface area contributed by atoms with Crippen molar-refractivity contribution >= 4 is 17.7 Å². The second kappa shape index (κ2) is 7.84. The van der Waals surface area contributed by atoms with Gasteiger partial charge in [0.05, 0.1) is 17.6 Å². The Morgan fingerprint density at radius 2 is 2.04 bits per heavy atom. The number of thioether (sulfide) groups is 1. The first kappa shape index (κ1) is 19.6. The molecule has 146 valence electrons. The third-order valence-corrected chi connectivity index (χ3v) is 5.51. The summed E-state index contributed by atoms with van der Waals surface area (Å²) in [4.78, 5) is 17.8. The molecule has 1 aromatic carbocycles. The van der Waals surface area contributed by atoms with Crippen LogP contribution in [0.4, 0.5) is 13.2 Å². The highest BCUT2D eigenvalue weighted by Crippen LogP contribution is 2.36. The van der Waals surface area contributed by atoms with Crippen LogP contribution in [-0.4, -0.2) is 45.0 Å². The summed E-state index contributed by atoms with van der Waals surface area (Å²) in [7, 11) is 0.